The van der Waals surface area contributed by atoms with Gasteiger partial charge in [0.1, 0.15) is 0 Å². The van der Waals surface area contributed by atoms with Gasteiger partial charge in [0.2, 0.25) is 0 Å². The molecule has 1 unspecified atom stereocenters. The predicted molar refractivity (Wildman–Crippen MR) is 54.2 cm³/mol. The van der Waals surface area contributed by atoms with E-state index in [0.29, 0.717) is 5.41 Å². The molecule has 0 radical (unpaired) electrons. The van der Waals surface area contributed by atoms with E-state index in [9.17, 15) is 0 Å². The molecule has 2 saturated heterocycles. The van der Waals surface area contributed by atoms with Crippen molar-refractivity contribution in [3.05, 3.63) is 0 Å². The number of hydrogen-bond donors (Lipinski definition) is 1. The average Bonchev–Trinajstić information content (AvgIpc) is 2.53. The Morgan fingerprint density at radius 2 is 2.33 bits per heavy atom. The number of rotatable bonds is 1. The van der Waals surface area contributed by atoms with Gasteiger partial charge in [0.05, 0.1) is 0 Å². The molecule has 2 nitrogen and oxygen atoms in total. The van der Waals surface area contributed by atoms with Gasteiger partial charge >= 0.3 is 0 Å². The zero-order valence-corrected chi connectivity index (χ0v) is 8.62. The minimum Gasteiger partial charge on any atom is -0.316 e. The summed E-state index contributed by atoms with van der Waals surface area (Å²) >= 11 is 1.91. The molecular formula is C9H18N2S. The fourth-order valence-corrected chi connectivity index (χ4v) is 3.18. The topological polar surface area (TPSA) is 15.3 Å². The molecule has 1 N–H and O–H groups in total. The molecule has 2 aliphatic rings. The van der Waals surface area contributed by atoms with Crippen molar-refractivity contribution in [1.29, 1.82) is 0 Å². The van der Waals surface area contributed by atoms with Crippen LogP contribution in [0.5, 0.6) is 0 Å². The molecule has 3 heteroatoms. The van der Waals surface area contributed by atoms with E-state index in [0.717, 1.165) is 0 Å². The summed E-state index contributed by atoms with van der Waals surface area (Å²) in [6.07, 6.45) is 6.42. The lowest BCUT2D eigenvalue weighted by atomic mass is 9.80. The first-order valence-electron chi connectivity index (χ1n) is 4.84. The number of piperidine rings is 1. The van der Waals surface area contributed by atoms with Crippen LogP contribution < -0.4 is 5.32 Å². The molecule has 0 aromatic heterocycles. The average molecular weight is 186 g/mol. The van der Waals surface area contributed by atoms with E-state index in [1.807, 2.05) is 11.9 Å². The molecular weight excluding hydrogens is 168 g/mol. The largest absolute Gasteiger partial charge is 0.316 e. The quantitative estimate of drug-likeness (QED) is 0.622. The molecule has 70 valence electrons. The van der Waals surface area contributed by atoms with Gasteiger partial charge in [-0.2, -0.15) is 0 Å². The lowest BCUT2D eigenvalue weighted by Crippen LogP contribution is -2.41. The van der Waals surface area contributed by atoms with Gasteiger partial charge in [-0.05, 0) is 37.5 Å². The summed E-state index contributed by atoms with van der Waals surface area (Å²) in [5.74, 6) is 0. The van der Waals surface area contributed by atoms with Crippen LogP contribution in [0.4, 0.5) is 0 Å². The molecule has 2 rings (SSSR count). The maximum atomic E-state index is 3.49. The third kappa shape index (κ3) is 1.63. The van der Waals surface area contributed by atoms with E-state index < -0.39 is 0 Å². The minimum absolute atomic E-state index is 0.640. The summed E-state index contributed by atoms with van der Waals surface area (Å²) in [6.45, 7) is 5.09. The molecule has 2 fully saturated rings. The number of hydrogen-bond acceptors (Lipinski definition) is 3. The third-order valence-electron chi connectivity index (χ3n) is 3.22. The van der Waals surface area contributed by atoms with Crippen LogP contribution in [0, 0.1) is 5.41 Å². The van der Waals surface area contributed by atoms with Crippen LogP contribution in [0.25, 0.3) is 0 Å². The fraction of sp³-hybridized carbons (Fsp3) is 1.00. The van der Waals surface area contributed by atoms with Gasteiger partial charge in [-0.1, -0.05) is 11.9 Å². The van der Waals surface area contributed by atoms with E-state index in [1.165, 1.54) is 45.4 Å². The fourth-order valence-electron chi connectivity index (χ4n) is 2.46. The molecule has 1 atom stereocenters. The Balaban J connectivity index is 1.97. The molecule has 0 saturated carbocycles. The first-order valence-corrected chi connectivity index (χ1v) is 6.03. The molecule has 0 aliphatic carbocycles. The molecule has 0 bridgehead atoms. The van der Waals surface area contributed by atoms with Crippen molar-refractivity contribution in [2.45, 2.75) is 19.3 Å². The van der Waals surface area contributed by atoms with Crippen LogP contribution in [0.1, 0.15) is 19.3 Å². The lowest BCUT2D eigenvalue weighted by molar-refractivity contribution is 0.176. The van der Waals surface area contributed by atoms with Gasteiger partial charge in [0, 0.05) is 19.6 Å². The molecule has 0 aromatic carbocycles. The summed E-state index contributed by atoms with van der Waals surface area (Å²) in [4.78, 5) is 0. The van der Waals surface area contributed by atoms with E-state index in [2.05, 4.69) is 15.9 Å². The maximum absolute atomic E-state index is 3.49. The van der Waals surface area contributed by atoms with Gasteiger partial charge < -0.3 is 5.32 Å². The van der Waals surface area contributed by atoms with Crippen molar-refractivity contribution in [3.8, 4) is 0 Å². The Kier molecular flexibility index (Phi) is 2.63. The summed E-state index contributed by atoms with van der Waals surface area (Å²) in [7, 11) is 0. The van der Waals surface area contributed by atoms with E-state index in [-0.39, 0.29) is 0 Å². The highest BCUT2D eigenvalue weighted by Crippen LogP contribution is 2.36. The van der Waals surface area contributed by atoms with Crippen LogP contribution in [0.15, 0.2) is 0 Å². The molecule has 2 heterocycles. The van der Waals surface area contributed by atoms with E-state index >= 15 is 0 Å². The van der Waals surface area contributed by atoms with Crippen molar-refractivity contribution >= 4 is 11.9 Å². The summed E-state index contributed by atoms with van der Waals surface area (Å²) in [6, 6.07) is 0. The van der Waals surface area contributed by atoms with Crippen LogP contribution in [0.2, 0.25) is 0 Å². The third-order valence-corrected chi connectivity index (χ3v) is 4.04. The van der Waals surface area contributed by atoms with Crippen molar-refractivity contribution in [2.75, 3.05) is 32.4 Å². The van der Waals surface area contributed by atoms with Crippen molar-refractivity contribution < 1.29 is 0 Å². The van der Waals surface area contributed by atoms with E-state index in [4.69, 9.17) is 0 Å². The standard InChI is InChI=1S/C9H18N2S/c1-12-11-6-2-3-9(8-11)4-5-10-7-9/h10H,2-8H2,1H3. The second kappa shape index (κ2) is 3.56. The van der Waals surface area contributed by atoms with Crippen LogP contribution in [0.3, 0.4) is 0 Å². The summed E-state index contributed by atoms with van der Waals surface area (Å²) in [5.41, 5.74) is 0.640. The normalized spacial score (nSPS) is 37.8. The van der Waals surface area contributed by atoms with Crippen LogP contribution in [-0.4, -0.2) is 36.7 Å². The van der Waals surface area contributed by atoms with Gasteiger partial charge in [0.25, 0.3) is 0 Å². The number of nitrogens with zero attached hydrogens (tertiary/aromatic N) is 1. The second-order valence-electron chi connectivity index (χ2n) is 4.08. The highest BCUT2D eigenvalue weighted by Gasteiger charge is 2.37. The van der Waals surface area contributed by atoms with Gasteiger partial charge in [-0.15, -0.1) is 0 Å². The molecule has 0 amide bonds. The molecule has 1 spiro atoms. The van der Waals surface area contributed by atoms with Crippen LogP contribution in [-0.2, 0) is 0 Å². The predicted octanol–water partition coefficient (Wildman–Crippen LogP) is 1.34. The van der Waals surface area contributed by atoms with Crippen molar-refractivity contribution in [2.24, 2.45) is 5.41 Å². The Morgan fingerprint density at radius 3 is 3.00 bits per heavy atom. The van der Waals surface area contributed by atoms with Gasteiger partial charge in [0.15, 0.2) is 0 Å². The number of nitrogens with one attached hydrogen (secondary N) is 1. The van der Waals surface area contributed by atoms with Crippen molar-refractivity contribution in [3.63, 3.8) is 0 Å². The van der Waals surface area contributed by atoms with E-state index in [1.54, 1.807) is 0 Å². The zero-order chi connectivity index (χ0) is 8.44. The SMILES string of the molecule is CSN1CCCC2(CCNC2)C1. The maximum Gasteiger partial charge on any atom is 0.0158 e. The molecule has 12 heavy (non-hydrogen) atoms. The zero-order valence-electron chi connectivity index (χ0n) is 7.81. The highest BCUT2D eigenvalue weighted by molar-refractivity contribution is 7.96. The molecule has 0 aromatic rings. The Bertz CT molecular complexity index is 155. The van der Waals surface area contributed by atoms with Gasteiger partial charge in [-0.25, -0.2) is 0 Å². The van der Waals surface area contributed by atoms with Crippen LogP contribution >= 0.6 is 11.9 Å². The smallest absolute Gasteiger partial charge is 0.0158 e. The Morgan fingerprint density at radius 1 is 1.42 bits per heavy atom. The Labute approximate surface area is 79.2 Å². The first kappa shape index (κ1) is 8.85. The lowest BCUT2D eigenvalue weighted by Gasteiger charge is -2.38. The first-order chi connectivity index (χ1) is 5.85. The monoisotopic (exact) mass is 186 g/mol. The summed E-state index contributed by atoms with van der Waals surface area (Å²) < 4.78 is 2.52. The molecule has 2 aliphatic heterocycles. The van der Waals surface area contributed by atoms with Gasteiger partial charge in [-0.3, -0.25) is 4.31 Å². The second-order valence-corrected chi connectivity index (χ2v) is 4.96. The van der Waals surface area contributed by atoms with Crippen molar-refractivity contribution in [1.82, 2.24) is 9.62 Å². The summed E-state index contributed by atoms with van der Waals surface area (Å²) in [5, 5.41) is 3.49. The Hall–Kier alpha value is 0.270. The minimum atomic E-state index is 0.640. The highest BCUT2D eigenvalue weighted by atomic mass is 32.2.